The minimum Gasteiger partial charge on any atom is -0.365 e. The van der Waals surface area contributed by atoms with Crippen LogP contribution in [-0.4, -0.2) is 55.6 Å². The van der Waals surface area contributed by atoms with Crippen LogP contribution in [0.3, 0.4) is 0 Å². The number of piperidine rings is 1. The van der Waals surface area contributed by atoms with Crippen molar-refractivity contribution >= 4 is 50.6 Å². The largest absolute Gasteiger partial charge is 0.365 e. The second-order valence-electron chi connectivity index (χ2n) is 8.74. The van der Waals surface area contributed by atoms with Gasteiger partial charge in [-0.2, -0.15) is 4.31 Å². The Kier molecular flexibility index (Phi) is 8.92. The monoisotopic (exact) mass is 544 g/mol. The highest BCUT2D eigenvalue weighted by atomic mass is 35.5. The molecule has 1 saturated heterocycles. The van der Waals surface area contributed by atoms with Crippen LogP contribution in [0.4, 0.5) is 9.39 Å². The van der Waals surface area contributed by atoms with Crippen LogP contribution in [0.1, 0.15) is 47.0 Å². The summed E-state index contributed by atoms with van der Waals surface area (Å²) >= 11 is 1.37. The number of amides is 2. The number of rotatable bonds is 7. The van der Waals surface area contributed by atoms with Crippen molar-refractivity contribution in [3.8, 4) is 0 Å². The lowest BCUT2D eigenvalue weighted by atomic mass is 9.98. The van der Waals surface area contributed by atoms with E-state index in [2.05, 4.69) is 17.1 Å². The zero-order chi connectivity index (χ0) is 24.5. The lowest BCUT2D eigenvalue weighted by molar-refractivity contribution is -0.120. The number of primary amides is 1. The van der Waals surface area contributed by atoms with E-state index in [0.717, 1.165) is 48.6 Å². The number of benzene rings is 1. The van der Waals surface area contributed by atoms with Gasteiger partial charge in [0.2, 0.25) is 15.9 Å². The minimum atomic E-state index is -3.84. The molecule has 2 amide bonds. The predicted octanol–water partition coefficient (Wildman–Crippen LogP) is 3.22. The molecule has 4 rings (SSSR count). The molecular formula is C23H30ClFN4O4S2. The molecule has 1 atom stereocenters. The summed E-state index contributed by atoms with van der Waals surface area (Å²) in [6.45, 7) is 4.95. The molecule has 1 aromatic carbocycles. The lowest BCUT2D eigenvalue weighted by Gasteiger charge is -2.31. The molecule has 1 aromatic heterocycles. The first kappa shape index (κ1) is 27.5. The van der Waals surface area contributed by atoms with Gasteiger partial charge in [0.15, 0.2) is 0 Å². The zero-order valence-corrected chi connectivity index (χ0v) is 21.9. The van der Waals surface area contributed by atoms with Crippen molar-refractivity contribution in [3.05, 3.63) is 46.1 Å². The van der Waals surface area contributed by atoms with Crippen molar-refractivity contribution in [2.45, 2.75) is 44.0 Å². The standard InChI is InChI=1S/C23H29FN4O4S2.ClH/c1-2-10-27-12-9-18-19(14-27)33-23(20(18)21(25)29)26-22(30)15-4-3-11-28(13-15)34(31,32)17-7-5-16(24)6-8-17;/h5-8,15H,2-4,9-14H2,1H3,(H2,25,29)(H,26,30);1H. The van der Waals surface area contributed by atoms with Gasteiger partial charge in [-0.1, -0.05) is 6.92 Å². The van der Waals surface area contributed by atoms with Crippen molar-refractivity contribution in [2.75, 3.05) is 31.5 Å². The number of halogens is 2. The summed E-state index contributed by atoms with van der Waals surface area (Å²) in [7, 11) is -3.84. The van der Waals surface area contributed by atoms with E-state index in [4.69, 9.17) is 5.73 Å². The van der Waals surface area contributed by atoms with Gasteiger partial charge in [0.25, 0.3) is 5.91 Å². The highest BCUT2D eigenvalue weighted by molar-refractivity contribution is 7.89. The third-order valence-corrected chi connectivity index (χ3v) is 9.38. The molecule has 0 aliphatic carbocycles. The predicted molar refractivity (Wildman–Crippen MR) is 136 cm³/mol. The maximum atomic E-state index is 13.2. The molecule has 0 radical (unpaired) electrons. The van der Waals surface area contributed by atoms with Crippen LogP contribution in [0.25, 0.3) is 0 Å². The molecule has 1 unspecified atom stereocenters. The number of nitrogens with one attached hydrogen (secondary N) is 1. The average Bonchev–Trinajstić information content (AvgIpc) is 3.17. The molecule has 1 fully saturated rings. The Morgan fingerprint density at radius 3 is 2.60 bits per heavy atom. The van der Waals surface area contributed by atoms with Gasteiger partial charge >= 0.3 is 0 Å². The van der Waals surface area contributed by atoms with E-state index in [-0.39, 0.29) is 36.3 Å². The van der Waals surface area contributed by atoms with E-state index in [1.807, 2.05) is 0 Å². The van der Waals surface area contributed by atoms with Crippen LogP contribution in [0, 0.1) is 11.7 Å². The van der Waals surface area contributed by atoms with Gasteiger partial charge in [-0.25, -0.2) is 12.8 Å². The second kappa shape index (κ2) is 11.3. The molecule has 2 aromatic rings. The van der Waals surface area contributed by atoms with Crippen molar-refractivity contribution in [2.24, 2.45) is 11.7 Å². The Labute approximate surface area is 215 Å². The van der Waals surface area contributed by atoms with Crippen LogP contribution >= 0.6 is 23.7 Å². The van der Waals surface area contributed by atoms with Crippen LogP contribution in [0.5, 0.6) is 0 Å². The third kappa shape index (κ3) is 5.86. The summed E-state index contributed by atoms with van der Waals surface area (Å²) in [5.74, 6) is -1.98. The van der Waals surface area contributed by atoms with E-state index >= 15 is 0 Å². The summed E-state index contributed by atoms with van der Waals surface area (Å²) in [6.07, 6.45) is 2.79. The highest BCUT2D eigenvalue weighted by Crippen LogP contribution is 2.37. The Morgan fingerprint density at radius 1 is 1.23 bits per heavy atom. The number of nitrogens with zero attached hydrogens (tertiary/aromatic N) is 2. The maximum absolute atomic E-state index is 13.2. The fourth-order valence-electron chi connectivity index (χ4n) is 4.66. The van der Waals surface area contributed by atoms with E-state index < -0.39 is 27.7 Å². The zero-order valence-electron chi connectivity index (χ0n) is 19.5. The molecule has 35 heavy (non-hydrogen) atoms. The Balaban J connectivity index is 0.00000342. The van der Waals surface area contributed by atoms with Crippen molar-refractivity contribution in [3.63, 3.8) is 0 Å². The van der Waals surface area contributed by atoms with Crippen molar-refractivity contribution in [1.82, 2.24) is 9.21 Å². The van der Waals surface area contributed by atoms with Crippen LogP contribution < -0.4 is 11.1 Å². The average molecular weight is 545 g/mol. The number of carbonyl (C=O) groups is 2. The molecule has 3 heterocycles. The number of nitrogens with two attached hydrogens (primary N) is 1. The Hall–Kier alpha value is -2.05. The Morgan fingerprint density at radius 2 is 1.94 bits per heavy atom. The number of anilines is 1. The van der Waals surface area contributed by atoms with Crippen LogP contribution in [0.15, 0.2) is 29.2 Å². The molecule has 2 aliphatic rings. The van der Waals surface area contributed by atoms with Gasteiger partial charge < -0.3 is 11.1 Å². The van der Waals surface area contributed by atoms with Crippen LogP contribution in [0.2, 0.25) is 0 Å². The molecule has 12 heteroatoms. The van der Waals surface area contributed by atoms with Gasteiger partial charge in [0.05, 0.1) is 16.4 Å². The first-order chi connectivity index (χ1) is 16.2. The van der Waals surface area contributed by atoms with Gasteiger partial charge in [-0.3, -0.25) is 14.5 Å². The topological polar surface area (TPSA) is 113 Å². The SMILES string of the molecule is CCCN1CCc2c(sc(NC(=O)C3CCCN(S(=O)(=O)c4ccc(F)cc4)C3)c2C(N)=O)C1.Cl. The van der Waals surface area contributed by atoms with E-state index in [0.29, 0.717) is 29.8 Å². The van der Waals surface area contributed by atoms with Gasteiger partial charge in [0.1, 0.15) is 10.8 Å². The molecule has 0 spiro atoms. The van der Waals surface area contributed by atoms with E-state index in [1.54, 1.807) is 0 Å². The quantitative estimate of drug-likeness (QED) is 0.556. The first-order valence-corrected chi connectivity index (χ1v) is 13.7. The van der Waals surface area contributed by atoms with Gasteiger partial charge in [-0.05, 0) is 62.1 Å². The highest BCUT2D eigenvalue weighted by Gasteiger charge is 2.35. The van der Waals surface area contributed by atoms with E-state index in [1.165, 1.54) is 27.8 Å². The number of sulfonamides is 1. The summed E-state index contributed by atoms with van der Waals surface area (Å²) in [6, 6.07) is 4.66. The maximum Gasteiger partial charge on any atom is 0.251 e. The molecule has 0 saturated carbocycles. The molecule has 8 nitrogen and oxygen atoms in total. The summed E-state index contributed by atoms with van der Waals surface area (Å²) in [5.41, 5.74) is 6.95. The summed E-state index contributed by atoms with van der Waals surface area (Å²) in [5, 5.41) is 3.32. The fraction of sp³-hybridized carbons (Fsp3) is 0.478. The molecule has 0 bridgehead atoms. The summed E-state index contributed by atoms with van der Waals surface area (Å²) in [4.78, 5) is 28.7. The van der Waals surface area contributed by atoms with Gasteiger partial charge in [0, 0.05) is 31.1 Å². The lowest BCUT2D eigenvalue weighted by Crippen LogP contribution is -2.43. The number of carbonyl (C=O) groups excluding carboxylic acids is 2. The number of thiophene rings is 1. The number of hydrogen-bond acceptors (Lipinski definition) is 6. The number of hydrogen-bond donors (Lipinski definition) is 2. The van der Waals surface area contributed by atoms with Gasteiger partial charge in [-0.15, -0.1) is 23.7 Å². The minimum absolute atomic E-state index is 0. The molecular weight excluding hydrogens is 515 g/mol. The molecule has 2 aliphatic heterocycles. The third-order valence-electron chi connectivity index (χ3n) is 6.37. The van der Waals surface area contributed by atoms with E-state index in [9.17, 15) is 22.4 Å². The normalized spacial score (nSPS) is 19.0. The Bertz CT molecular complexity index is 1190. The smallest absolute Gasteiger partial charge is 0.251 e. The molecule has 3 N–H and O–H groups in total. The number of fused-ring (bicyclic) bond motifs is 1. The van der Waals surface area contributed by atoms with Crippen LogP contribution in [-0.2, 0) is 27.8 Å². The van der Waals surface area contributed by atoms with Crippen molar-refractivity contribution < 1.29 is 22.4 Å². The summed E-state index contributed by atoms with van der Waals surface area (Å²) < 4.78 is 40.5. The first-order valence-electron chi connectivity index (χ1n) is 11.4. The van der Waals surface area contributed by atoms with Crippen molar-refractivity contribution in [1.29, 1.82) is 0 Å². The second-order valence-corrected chi connectivity index (χ2v) is 11.8. The fourth-order valence-corrected chi connectivity index (χ4v) is 7.48. The molecule has 192 valence electrons.